The number of fused-ring (bicyclic) bond motifs is 1. The van der Waals surface area contributed by atoms with Crippen molar-refractivity contribution in [2.24, 2.45) is 0 Å². The van der Waals surface area contributed by atoms with E-state index in [1.165, 1.54) is 18.1 Å². The summed E-state index contributed by atoms with van der Waals surface area (Å²) in [7, 11) is 1.30. The van der Waals surface area contributed by atoms with E-state index < -0.39 is 16.8 Å². The zero-order valence-corrected chi connectivity index (χ0v) is 13.8. The topological polar surface area (TPSA) is 89.8 Å². The third-order valence-corrected chi connectivity index (χ3v) is 4.35. The van der Waals surface area contributed by atoms with E-state index in [9.17, 15) is 19.7 Å². The van der Waals surface area contributed by atoms with Crippen molar-refractivity contribution in [3.8, 4) is 0 Å². The second-order valence-electron chi connectivity index (χ2n) is 5.81. The lowest BCUT2D eigenvalue weighted by Gasteiger charge is -2.17. The van der Waals surface area contributed by atoms with Gasteiger partial charge in [0, 0.05) is 29.4 Å². The Hall–Kier alpha value is -3.22. The highest BCUT2D eigenvalue weighted by Gasteiger charge is 2.37. The number of methoxy groups -OCH3 is 1. The first kappa shape index (κ1) is 16.6. The van der Waals surface area contributed by atoms with Crippen LogP contribution in [0.1, 0.15) is 27.4 Å². The highest BCUT2D eigenvalue weighted by atomic mass is 16.6. The van der Waals surface area contributed by atoms with Crippen molar-refractivity contribution in [3.05, 3.63) is 69.3 Å². The highest BCUT2D eigenvalue weighted by molar-refractivity contribution is 6.09. The standard InChI is InChI=1S/C18H16N2O5/c1-11-7-8-12(9-16(11)20(23)24)17(21)19-10-14(18(22)25-2)13-5-3-4-6-15(13)19/h3-9,14H,10H2,1-2H3/t14-/m0/s1. The van der Waals surface area contributed by atoms with Gasteiger partial charge in [0.15, 0.2) is 0 Å². The van der Waals surface area contributed by atoms with Gasteiger partial charge in [-0.15, -0.1) is 0 Å². The Balaban J connectivity index is 2.00. The maximum Gasteiger partial charge on any atom is 0.315 e. The van der Waals surface area contributed by atoms with Gasteiger partial charge in [0.05, 0.1) is 12.0 Å². The van der Waals surface area contributed by atoms with Gasteiger partial charge in [-0.1, -0.05) is 24.3 Å². The molecule has 1 atom stereocenters. The summed E-state index contributed by atoms with van der Waals surface area (Å²) in [5.41, 5.74) is 1.91. The normalized spacial score (nSPS) is 15.6. The molecule has 0 saturated carbocycles. The molecule has 0 radical (unpaired) electrons. The molecule has 0 bridgehead atoms. The molecule has 0 N–H and O–H groups in total. The number of para-hydroxylation sites is 1. The van der Waals surface area contributed by atoms with Crippen molar-refractivity contribution in [2.75, 3.05) is 18.6 Å². The summed E-state index contributed by atoms with van der Waals surface area (Å²) in [5.74, 6) is -1.37. The van der Waals surface area contributed by atoms with Crippen molar-refractivity contribution in [2.45, 2.75) is 12.8 Å². The van der Waals surface area contributed by atoms with E-state index in [4.69, 9.17) is 4.74 Å². The first-order valence-corrected chi connectivity index (χ1v) is 7.67. The van der Waals surface area contributed by atoms with Gasteiger partial charge in [0.1, 0.15) is 5.92 Å². The summed E-state index contributed by atoms with van der Waals surface area (Å²) in [6.45, 7) is 1.76. The van der Waals surface area contributed by atoms with Crippen LogP contribution in [-0.4, -0.2) is 30.5 Å². The summed E-state index contributed by atoms with van der Waals surface area (Å²) >= 11 is 0. The molecule has 25 heavy (non-hydrogen) atoms. The fourth-order valence-corrected chi connectivity index (χ4v) is 3.04. The van der Waals surface area contributed by atoms with E-state index in [1.807, 2.05) is 0 Å². The SMILES string of the molecule is COC(=O)[C@H]1CN(C(=O)c2ccc(C)c([N+](=O)[O-])c2)c2ccccc21. The fourth-order valence-electron chi connectivity index (χ4n) is 3.04. The van der Waals surface area contributed by atoms with Crippen molar-refractivity contribution >= 4 is 23.3 Å². The number of hydrogen-bond acceptors (Lipinski definition) is 5. The average molecular weight is 340 g/mol. The molecule has 0 saturated heterocycles. The van der Waals surface area contributed by atoms with Gasteiger partial charge >= 0.3 is 5.97 Å². The molecule has 0 spiro atoms. The van der Waals surface area contributed by atoms with Crippen LogP contribution in [0.25, 0.3) is 0 Å². The van der Waals surface area contributed by atoms with Crippen molar-refractivity contribution in [1.82, 2.24) is 0 Å². The Morgan fingerprint density at radius 3 is 2.64 bits per heavy atom. The van der Waals surface area contributed by atoms with E-state index >= 15 is 0 Å². The first-order valence-electron chi connectivity index (χ1n) is 7.67. The number of ether oxygens (including phenoxy) is 1. The van der Waals surface area contributed by atoms with Crippen LogP contribution >= 0.6 is 0 Å². The van der Waals surface area contributed by atoms with Crippen molar-refractivity contribution < 1.29 is 19.2 Å². The third kappa shape index (κ3) is 2.84. The van der Waals surface area contributed by atoms with Crippen LogP contribution in [0.2, 0.25) is 0 Å². The number of amides is 1. The Morgan fingerprint density at radius 2 is 1.96 bits per heavy atom. The van der Waals surface area contributed by atoms with E-state index in [-0.39, 0.29) is 23.7 Å². The molecule has 2 aromatic carbocycles. The van der Waals surface area contributed by atoms with Crippen LogP contribution < -0.4 is 4.90 Å². The lowest BCUT2D eigenvalue weighted by molar-refractivity contribution is -0.385. The van der Waals surface area contributed by atoms with Gasteiger partial charge in [-0.3, -0.25) is 19.7 Å². The number of hydrogen-bond donors (Lipinski definition) is 0. The van der Waals surface area contributed by atoms with E-state index in [0.717, 1.165) is 0 Å². The molecule has 0 unspecified atom stereocenters. The van der Waals surface area contributed by atoms with Gasteiger partial charge in [-0.05, 0) is 24.6 Å². The van der Waals surface area contributed by atoms with Crippen LogP contribution in [0.15, 0.2) is 42.5 Å². The quantitative estimate of drug-likeness (QED) is 0.487. The fraction of sp³-hybridized carbons (Fsp3) is 0.222. The summed E-state index contributed by atoms with van der Waals surface area (Å²) in [6, 6.07) is 11.5. The van der Waals surface area contributed by atoms with Gasteiger partial charge < -0.3 is 9.64 Å². The van der Waals surface area contributed by atoms with Crippen LogP contribution in [0.5, 0.6) is 0 Å². The molecule has 1 heterocycles. The lowest BCUT2D eigenvalue weighted by Crippen LogP contribution is -2.31. The second kappa shape index (κ2) is 6.35. The van der Waals surface area contributed by atoms with Gasteiger partial charge in [-0.2, -0.15) is 0 Å². The maximum absolute atomic E-state index is 12.9. The van der Waals surface area contributed by atoms with E-state index in [2.05, 4.69) is 0 Å². The zero-order valence-electron chi connectivity index (χ0n) is 13.8. The van der Waals surface area contributed by atoms with Crippen LogP contribution in [-0.2, 0) is 9.53 Å². The summed E-state index contributed by atoms with van der Waals surface area (Å²) in [6.07, 6.45) is 0. The van der Waals surface area contributed by atoms with Crippen LogP contribution in [0.4, 0.5) is 11.4 Å². The van der Waals surface area contributed by atoms with Crippen LogP contribution in [0, 0.1) is 17.0 Å². The predicted molar refractivity (Wildman–Crippen MR) is 90.7 cm³/mol. The zero-order chi connectivity index (χ0) is 18.1. The molecule has 1 aliphatic heterocycles. The molecule has 2 aromatic rings. The van der Waals surface area contributed by atoms with Gasteiger partial charge in [0.25, 0.3) is 11.6 Å². The number of esters is 1. The number of rotatable bonds is 3. The summed E-state index contributed by atoms with van der Waals surface area (Å²) in [4.78, 5) is 37.0. The lowest BCUT2D eigenvalue weighted by atomic mass is 10.0. The number of benzene rings is 2. The Bertz CT molecular complexity index is 878. The molecule has 0 aliphatic carbocycles. The Kier molecular flexibility index (Phi) is 4.22. The molecule has 128 valence electrons. The second-order valence-corrected chi connectivity index (χ2v) is 5.81. The molecule has 7 nitrogen and oxygen atoms in total. The number of nitro groups is 1. The monoisotopic (exact) mass is 340 g/mol. The van der Waals surface area contributed by atoms with Gasteiger partial charge in [0.2, 0.25) is 0 Å². The summed E-state index contributed by atoms with van der Waals surface area (Å²) < 4.78 is 4.82. The first-order chi connectivity index (χ1) is 11.9. The number of nitro benzene ring substituents is 1. The van der Waals surface area contributed by atoms with Gasteiger partial charge in [-0.25, -0.2) is 0 Å². The maximum atomic E-state index is 12.9. The molecule has 1 amide bonds. The molecule has 3 rings (SSSR count). The Morgan fingerprint density at radius 1 is 1.24 bits per heavy atom. The number of aryl methyl sites for hydroxylation is 1. The highest BCUT2D eigenvalue weighted by Crippen LogP contribution is 2.37. The molecular weight excluding hydrogens is 324 g/mol. The molecule has 0 fully saturated rings. The number of carbonyl (C=O) groups is 2. The minimum absolute atomic E-state index is 0.108. The number of anilines is 1. The predicted octanol–water partition coefficient (Wildman–Crippen LogP) is 2.82. The third-order valence-electron chi connectivity index (χ3n) is 4.35. The van der Waals surface area contributed by atoms with Crippen molar-refractivity contribution in [3.63, 3.8) is 0 Å². The summed E-state index contributed by atoms with van der Waals surface area (Å²) in [5, 5.41) is 11.1. The number of nitrogens with zero attached hydrogens (tertiary/aromatic N) is 2. The smallest absolute Gasteiger partial charge is 0.315 e. The van der Waals surface area contributed by atoms with E-state index in [0.29, 0.717) is 16.8 Å². The largest absolute Gasteiger partial charge is 0.468 e. The average Bonchev–Trinajstić information content (AvgIpc) is 3.00. The van der Waals surface area contributed by atoms with Crippen LogP contribution in [0.3, 0.4) is 0 Å². The molecular formula is C18H16N2O5. The van der Waals surface area contributed by atoms with Crippen molar-refractivity contribution in [1.29, 1.82) is 0 Å². The number of carbonyl (C=O) groups excluding carboxylic acids is 2. The molecule has 0 aromatic heterocycles. The molecule has 1 aliphatic rings. The Labute approximate surface area is 144 Å². The minimum Gasteiger partial charge on any atom is -0.468 e. The van der Waals surface area contributed by atoms with E-state index in [1.54, 1.807) is 43.3 Å². The molecule has 7 heteroatoms. The minimum atomic E-state index is -0.564.